The van der Waals surface area contributed by atoms with Crippen LogP contribution in [0.2, 0.25) is 0 Å². The van der Waals surface area contributed by atoms with Gasteiger partial charge >= 0.3 is 6.18 Å². The molecule has 8 nitrogen and oxygen atoms in total. The van der Waals surface area contributed by atoms with Crippen molar-refractivity contribution in [2.24, 2.45) is 0 Å². The highest BCUT2D eigenvalue weighted by atomic mass is 32.2. The summed E-state index contributed by atoms with van der Waals surface area (Å²) >= 11 is 0. The minimum atomic E-state index is -4.45. The summed E-state index contributed by atoms with van der Waals surface area (Å²) in [5.74, 6) is 0.995. The fourth-order valence-corrected chi connectivity index (χ4v) is 3.61. The Morgan fingerprint density at radius 2 is 1.79 bits per heavy atom. The lowest BCUT2D eigenvalue weighted by atomic mass is 10.1. The third-order valence-electron chi connectivity index (χ3n) is 4.69. The molecule has 0 aliphatic heterocycles. The molecule has 0 spiro atoms. The normalized spacial score (nSPS) is 12.0. The SMILES string of the molecule is Cc1c(Nc2nc(S(C)(=O)=O)nc3cc[nH]c23)cccc1Oc1cccc(OCC(F)(F)F)c1. The van der Waals surface area contributed by atoms with Crippen LogP contribution < -0.4 is 14.8 Å². The zero-order valence-corrected chi connectivity index (χ0v) is 18.8. The molecule has 0 aliphatic rings. The molecule has 0 bridgehead atoms. The molecule has 178 valence electrons. The van der Waals surface area contributed by atoms with Gasteiger partial charge < -0.3 is 19.8 Å². The number of nitrogens with one attached hydrogen (secondary N) is 2. The van der Waals surface area contributed by atoms with Crippen molar-refractivity contribution in [2.75, 3.05) is 18.2 Å². The minimum absolute atomic E-state index is 0.0187. The van der Waals surface area contributed by atoms with Gasteiger partial charge in [-0.3, -0.25) is 0 Å². The molecule has 0 radical (unpaired) electrons. The van der Waals surface area contributed by atoms with Gasteiger partial charge in [0.2, 0.25) is 15.0 Å². The number of anilines is 2. The number of fused-ring (bicyclic) bond motifs is 1. The number of hydrogen-bond acceptors (Lipinski definition) is 7. The van der Waals surface area contributed by atoms with E-state index in [1.54, 1.807) is 43.5 Å². The van der Waals surface area contributed by atoms with E-state index in [2.05, 4.69) is 20.3 Å². The molecule has 34 heavy (non-hydrogen) atoms. The molecular formula is C22H19F3N4O4S. The Bertz CT molecular complexity index is 1450. The van der Waals surface area contributed by atoms with E-state index in [-0.39, 0.29) is 22.5 Å². The van der Waals surface area contributed by atoms with Gasteiger partial charge in [-0.1, -0.05) is 12.1 Å². The van der Waals surface area contributed by atoms with E-state index in [9.17, 15) is 21.6 Å². The fraction of sp³-hybridized carbons (Fsp3) is 0.182. The van der Waals surface area contributed by atoms with Crippen LogP contribution in [0.5, 0.6) is 17.2 Å². The van der Waals surface area contributed by atoms with E-state index in [1.807, 2.05) is 0 Å². The number of benzene rings is 2. The summed E-state index contributed by atoms with van der Waals surface area (Å²) in [7, 11) is -3.65. The Morgan fingerprint density at radius 1 is 1.06 bits per heavy atom. The average Bonchev–Trinajstić information content (AvgIpc) is 3.23. The number of hydrogen-bond donors (Lipinski definition) is 2. The number of aromatic nitrogens is 3. The predicted octanol–water partition coefficient (Wildman–Crippen LogP) is 5.15. The number of aromatic amines is 1. The molecule has 2 heterocycles. The molecule has 0 fully saturated rings. The van der Waals surface area contributed by atoms with Gasteiger partial charge in [-0.25, -0.2) is 13.4 Å². The van der Waals surface area contributed by atoms with Crippen LogP contribution in [0.4, 0.5) is 24.7 Å². The maximum absolute atomic E-state index is 12.4. The molecule has 0 amide bonds. The van der Waals surface area contributed by atoms with E-state index in [4.69, 9.17) is 9.47 Å². The van der Waals surface area contributed by atoms with E-state index in [0.717, 1.165) is 6.26 Å². The highest BCUT2D eigenvalue weighted by Crippen LogP contribution is 2.34. The molecule has 4 aromatic rings. The monoisotopic (exact) mass is 492 g/mol. The summed E-state index contributed by atoms with van der Waals surface area (Å²) in [6.07, 6.45) is -1.80. The average molecular weight is 492 g/mol. The van der Waals surface area contributed by atoms with Gasteiger partial charge in [0.15, 0.2) is 12.4 Å². The summed E-state index contributed by atoms with van der Waals surface area (Å²) in [5, 5.41) is 2.79. The van der Waals surface area contributed by atoms with Gasteiger partial charge in [0, 0.05) is 29.8 Å². The largest absolute Gasteiger partial charge is 0.484 e. The van der Waals surface area contributed by atoms with Gasteiger partial charge in [-0.05, 0) is 37.3 Å². The van der Waals surface area contributed by atoms with Crippen molar-refractivity contribution in [1.29, 1.82) is 0 Å². The lowest BCUT2D eigenvalue weighted by molar-refractivity contribution is -0.153. The number of halogens is 3. The summed E-state index contributed by atoms with van der Waals surface area (Å²) in [6, 6.07) is 12.7. The molecule has 2 N–H and O–H groups in total. The molecule has 0 aliphatic carbocycles. The number of sulfone groups is 1. The summed E-state index contributed by atoms with van der Waals surface area (Å²) in [4.78, 5) is 11.2. The number of alkyl halides is 3. The maximum Gasteiger partial charge on any atom is 0.422 e. The van der Waals surface area contributed by atoms with Crippen molar-refractivity contribution in [3.05, 3.63) is 60.3 Å². The quantitative estimate of drug-likeness (QED) is 0.344. The fourth-order valence-electron chi connectivity index (χ4n) is 3.09. The Labute approximate surface area is 192 Å². The first-order valence-corrected chi connectivity index (χ1v) is 11.8. The molecular weight excluding hydrogens is 473 g/mol. The van der Waals surface area contributed by atoms with Crippen molar-refractivity contribution in [3.8, 4) is 17.2 Å². The lowest BCUT2D eigenvalue weighted by Gasteiger charge is -2.15. The number of rotatable bonds is 7. The van der Waals surface area contributed by atoms with Crippen LogP contribution >= 0.6 is 0 Å². The van der Waals surface area contributed by atoms with Crippen LogP contribution in [-0.2, 0) is 9.84 Å². The molecule has 4 rings (SSSR count). The van der Waals surface area contributed by atoms with E-state index in [1.165, 1.54) is 18.2 Å². The molecule has 0 unspecified atom stereocenters. The van der Waals surface area contributed by atoms with E-state index in [0.29, 0.717) is 28.0 Å². The second-order valence-corrected chi connectivity index (χ2v) is 9.31. The van der Waals surface area contributed by atoms with Crippen molar-refractivity contribution < 1.29 is 31.1 Å². The van der Waals surface area contributed by atoms with Gasteiger partial charge in [0.25, 0.3) is 0 Å². The first-order chi connectivity index (χ1) is 16.0. The summed E-state index contributed by atoms with van der Waals surface area (Å²) < 4.78 is 71.9. The van der Waals surface area contributed by atoms with Crippen molar-refractivity contribution in [2.45, 2.75) is 18.3 Å². The Morgan fingerprint density at radius 3 is 2.53 bits per heavy atom. The Hall–Kier alpha value is -3.80. The first kappa shape index (κ1) is 23.4. The molecule has 0 saturated heterocycles. The van der Waals surface area contributed by atoms with Gasteiger partial charge in [0.05, 0.1) is 5.52 Å². The van der Waals surface area contributed by atoms with Crippen molar-refractivity contribution in [3.63, 3.8) is 0 Å². The van der Waals surface area contributed by atoms with Crippen LogP contribution in [0.1, 0.15) is 5.56 Å². The number of ether oxygens (including phenoxy) is 2. The molecule has 2 aromatic heterocycles. The van der Waals surface area contributed by atoms with Crippen molar-refractivity contribution in [1.82, 2.24) is 15.0 Å². The van der Waals surface area contributed by atoms with Crippen LogP contribution in [-0.4, -0.2) is 42.4 Å². The first-order valence-electron chi connectivity index (χ1n) is 9.89. The Kier molecular flexibility index (Phi) is 6.09. The standard InChI is InChI=1S/C22H19F3N4O4S/c1-13-16(27-20-19-17(9-10-26-19)28-21(29-20)34(2,30)31)7-4-8-18(13)33-15-6-3-5-14(11-15)32-12-22(23,24)25/h3-11,26H,12H2,1-2H3,(H,27,28,29). The Balaban J connectivity index is 1.61. The second-order valence-electron chi connectivity index (χ2n) is 7.40. The van der Waals surface area contributed by atoms with Crippen LogP contribution in [0.3, 0.4) is 0 Å². The topological polar surface area (TPSA) is 106 Å². The number of nitrogens with zero attached hydrogens (tertiary/aromatic N) is 2. The third-order valence-corrected chi connectivity index (χ3v) is 5.54. The smallest absolute Gasteiger partial charge is 0.422 e. The summed E-state index contributed by atoms with van der Waals surface area (Å²) in [6.45, 7) is 0.364. The summed E-state index contributed by atoms with van der Waals surface area (Å²) in [5.41, 5.74) is 2.19. The van der Waals surface area contributed by atoms with Crippen LogP contribution in [0.25, 0.3) is 11.0 Å². The molecule has 0 saturated carbocycles. The number of H-pyrrole nitrogens is 1. The van der Waals surface area contributed by atoms with Crippen LogP contribution in [0, 0.1) is 6.92 Å². The zero-order valence-electron chi connectivity index (χ0n) is 18.0. The molecule has 2 aromatic carbocycles. The highest BCUT2D eigenvalue weighted by molar-refractivity contribution is 7.90. The van der Waals surface area contributed by atoms with E-state index >= 15 is 0 Å². The van der Waals surface area contributed by atoms with Crippen LogP contribution in [0.15, 0.2) is 59.9 Å². The molecule has 0 atom stereocenters. The maximum atomic E-state index is 12.4. The minimum Gasteiger partial charge on any atom is -0.484 e. The highest BCUT2D eigenvalue weighted by Gasteiger charge is 2.28. The third kappa shape index (κ3) is 5.39. The van der Waals surface area contributed by atoms with Gasteiger partial charge in [-0.15, -0.1) is 0 Å². The predicted molar refractivity (Wildman–Crippen MR) is 120 cm³/mol. The van der Waals surface area contributed by atoms with Gasteiger partial charge in [-0.2, -0.15) is 18.2 Å². The zero-order chi connectivity index (χ0) is 24.5. The van der Waals surface area contributed by atoms with E-state index < -0.39 is 22.6 Å². The van der Waals surface area contributed by atoms with Crippen molar-refractivity contribution >= 4 is 32.4 Å². The van der Waals surface area contributed by atoms with Gasteiger partial charge in [0.1, 0.15) is 22.8 Å². The lowest BCUT2D eigenvalue weighted by Crippen LogP contribution is -2.19. The molecule has 12 heteroatoms. The second kappa shape index (κ2) is 8.86.